The maximum absolute atomic E-state index is 14.5. The Morgan fingerprint density at radius 1 is 1.46 bits per heavy atom. The largest absolute Gasteiger partial charge is 0.442 e. The van der Waals surface area contributed by atoms with Gasteiger partial charge in [0.2, 0.25) is 5.11 Å². The molecule has 0 radical (unpaired) electrons. The van der Waals surface area contributed by atoms with Crippen LogP contribution in [0.4, 0.5) is 20.6 Å². The second-order valence-corrected chi connectivity index (χ2v) is 6.19. The van der Waals surface area contributed by atoms with Crippen LogP contribution >= 0.6 is 12.2 Å². The number of cyclic esters (lactones) is 1. The summed E-state index contributed by atoms with van der Waals surface area (Å²) >= 11 is 4.94. The van der Waals surface area contributed by atoms with Crippen molar-refractivity contribution in [2.75, 3.05) is 49.2 Å². The zero-order valence-corrected chi connectivity index (χ0v) is 14.9. The number of hydrogen-bond donors (Lipinski definition) is 1. The number of anilines is 2. The lowest BCUT2D eigenvalue weighted by Crippen LogP contribution is -2.36. The first kappa shape index (κ1) is 18.3. The third kappa shape index (κ3) is 4.19. The van der Waals surface area contributed by atoms with Gasteiger partial charge >= 0.3 is 6.09 Å². The first-order chi connectivity index (χ1) is 12.6. The molecule has 0 bridgehead atoms. The maximum atomic E-state index is 14.5. The van der Waals surface area contributed by atoms with E-state index in [0.29, 0.717) is 50.8 Å². The molecule has 2 fully saturated rings. The number of nitrogens with zero attached hydrogens (tertiary/aromatic N) is 3. The van der Waals surface area contributed by atoms with E-state index in [1.165, 1.54) is 11.0 Å². The molecular formula is C17H19FN4O3S. The minimum atomic E-state index is -0.520. The molecule has 1 amide bonds. The van der Waals surface area contributed by atoms with E-state index in [1.54, 1.807) is 12.1 Å². The standard InChI is InChI=1S/C17H19FN4O3S/c1-2-19-16(26)20-10-13-11-22(17(23)25-13)12-3-4-15(14(18)9-12)21-5-7-24-8-6-21/h3-4,9,13H,1,5-8,10-11H2,(H,20,26). The van der Waals surface area contributed by atoms with E-state index in [0.717, 1.165) is 0 Å². The number of aliphatic imine (C=N–C) groups is 1. The van der Waals surface area contributed by atoms with E-state index in [-0.39, 0.29) is 10.9 Å². The third-order valence-electron chi connectivity index (χ3n) is 4.13. The Kier molecular flexibility index (Phi) is 5.82. The molecule has 3 rings (SSSR count). The predicted octanol–water partition coefficient (Wildman–Crippen LogP) is 1.72. The Morgan fingerprint density at radius 2 is 2.23 bits per heavy atom. The fourth-order valence-corrected chi connectivity index (χ4v) is 3.02. The van der Waals surface area contributed by atoms with Crippen molar-refractivity contribution in [2.24, 2.45) is 4.99 Å². The van der Waals surface area contributed by atoms with E-state index < -0.39 is 12.2 Å². The van der Waals surface area contributed by atoms with Gasteiger partial charge in [-0.2, -0.15) is 4.99 Å². The highest BCUT2D eigenvalue weighted by Crippen LogP contribution is 2.28. The topological polar surface area (TPSA) is 66.4 Å². The summed E-state index contributed by atoms with van der Waals surface area (Å²) in [6, 6.07) is 4.76. The lowest BCUT2D eigenvalue weighted by atomic mass is 10.2. The number of hydrogen-bond acceptors (Lipinski definition) is 5. The molecule has 0 aliphatic carbocycles. The highest BCUT2D eigenvalue weighted by atomic mass is 32.1. The minimum Gasteiger partial charge on any atom is -0.442 e. The van der Waals surface area contributed by atoms with Crippen LogP contribution in [-0.2, 0) is 9.47 Å². The summed E-state index contributed by atoms with van der Waals surface area (Å²) in [7, 11) is 0. The van der Waals surface area contributed by atoms with Crippen LogP contribution in [0.15, 0.2) is 29.8 Å². The summed E-state index contributed by atoms with van der Waals surface area (Å²) in [6.45, 7) is 6.37. The second kappa shape index (κ2) is 8.27. The molecule has 2 heterocycles. The quantitative estimate of drug-likeness (QED) is 0.636. The number of rotatable bonds is 4. The molecule has 9 heteroatoms. The Hall–Kier alpha value is -2.48. The third-order valence-corrected chi connectivity index (χ3v) is 4.37. The molecule has 2 saturated heterocycles. The van der Waals surface area contributed by atoms with Crippen molar-refractivity contribution in [3.63, 3.8) is 0 Å². The van der Waals surface area contributed by atoms with Crippen LogP contribution in [0.3, 0.4) is 0 Å². The van der Waals surface area contributed by atoms with Gasteiger partial charge < -0.3 is 19.7 Å². The van der Waals surface area contributed by atoms with Crippen LogP contribution < -0.4 is 15.1 Å². The van der Waals surface area contributed by atoms with Crippen LogP contribution in [0.5, 0.6) is 0 Å². The van der Waals surface area contributed by atoms with Crippen molar-refractivity contribution < 1.29 is 18.7 Å². The Bertz CT molecular complexity index is 748. The molecule has 1 aromatic rings. The number of thiocarbonyl (C=S) groups is 1. The van der Waals surface area contributed by atoms with Gasteiger partial charge in [-0.05, 0) is 42.9 Å². The van der Waals surface area contributed by atoms with Crippen LogP contribution in [0.2, 0.25) is 0 Å². The molecule has 138 valence electrons. The molecule has 1 atom stereocenters. The van der Waals surface area contributed by atoms with Crippen molar-refractivity contribution >= 4 is 40.7 Å². The molecule has 1 N–H and O–H groups in total. The first-order valence-electron chi connectivity index (χ1n) is 8.19. The average molecular weight is 378 g/mol. The fourth-order valence-electron chi connectivity index (χ4n) is 2.88. The number of halogens is 1. The molecule has 0 saturated carbocycles. The van der Waals surface area contributed by atoms with Crippen molar-refractivity contribution in [3.05, 3.63) is 30.6 Å². The van der Waals surface area contributed by atoms with Gasteiger partial charge in [-0.25, -0.2) is 9.18 Å². The Morgan fingerprint density at radius 3 is 2.92 bits per heavy atom. The number of nitrogens with one attached hydrogen (secondary N) is 1. The fraction of sp³-hybridized carbons (Fsp3) is 0.412. The van der Waals surface area contributed by atoms with Crippen molar-refractivity contribution in [1.29, 1.82) is 0 Å². The summed E-state index contributed by atoms with van der Waals surface area (Å²) < 4.78 is 25.1. The molecule has 0 aromatic heterocycles. The van der Waals surface area contributed by atoms with Gasteiger partial charge in [-0.1, -0.05) is 0 Å². The summed E-state index contributed by atoms with van der Waals surface area (Å²) in [6.07, 6.45) is -0.934. The monoisotopic (exact) mass is 378 g/mol. The molecule has 26 heavy (non-hydrogen) atoms. The predicted molar refractivity (Wildman–Crippen MR) is 101 cm³/mol. The molecular weight excluding hydrogens is 359 g/mol. The summed E-state index contributed by atoms with van der Waals surface area (Å²) in [5.41, 5.74) is 0.967. The number of amides is 1. The molecule has 0 spiro atoms. The van der Waals surface area contributed by atoms with Gasteiger partial charge in [-0.3, -0.25) is 4.90 Å². The highest BCUT2D eigenvalue weighted by Gasteiger charge is 2.33. The number of ether oxygens (including phenoxy) is 2. The average Bonchev–Trinajstić information content (AvgIpc) is 3.02. The Labute approximate surface area is 156 Å². The number of carbonyl (C=O) groups is 1. The van der Waals surface area contributed by atoms with Crippen molar-refractivity contribution in [3.8, 4) is 0 Å². The van der Waals surface area contributed by atoms with Crippen LogP contribution in [0, 0.1) is 5.82 Å². The van der Waals surface area contributed by atoms with Crippen LogP contribution in [-0.4, -0.2) is 62.6 Å². The second-order valence-electron chi connectivity index (χ2n) is 5.81. The molecule has 1 aromatic carbocycles. The van der Waals surface area contributed by atoms with Gasteiger partial charge in [0.25, 0.3) is 0 Å². The highest BCUT2D eigenvalue weighted by molar-refractivity contribution is 7.80. The van der Waals surface area contributed by atoms with Gasteiger partial charge in [0, 0.05) is 13.1 Å². The van der Waals surface area contributed by atoms with E-state index in [4.69, 9.17) is 21.7 Å². The lowest BCUT2D eigenvalue weighted by molar-refractivity contribution is 0.122. The van der Waals surface area contributed by atoms with Gasteiger partial charge in [0.1, 0.15) is 11.9 Å². The summed E-state index contributed by atoms with van der Waals surface area (Å²) in [5.74, 6) is 1.95. The molecule has 2 aliphatic rings. The summed E-state index contributed by atoms with van der Waals surface area (Å²) in [5, 5.41) is 3.07. The van der Waals surface area contributed by atoms with Gasteiger partial charge in [-0.15, -0.1) is 0 Å². The Balaban J connectivity index is 1.65. The lowest BCUT2D eigenvalue weighted by Gasteiger charge is -2.29. The zero-order chi connectivity index (χ0) is 18.5. The number of carbonyl (C=O) groups excluding carboxylic acids is 1. The molecule has 7 nitrogen and oxygen atoms in total. The van der Waals surface area contributed by atoms with Crippen molar-refractivity contribution in [2.45, 2.75) is 6.10 Å². The van der Waals surface area contributed by atoms with Crippen molar-refractivity contribution in [1.82, 2.24) is 5.32 Å². The minimum absolute atomic E-state index is 0.218. The van der Waals surface area contributed by atoms with Crippen LogP contribution in [0.1, 0.15) is 0 Å². The summed E-state index contributed by atoms with van der Waals surface area (Å²) in [4.78, 5) is 19.1. The van der Waals surface area contributed by atoms with Crippen LogP contribution in [0.25, 0.3) is 0 Å². The normalized spacial score (nSPS) is 19.7. The molecule has 1 unspecified atom stereocenters. The van der Waals surface area contributed by atoms with E-state index in [2.05, 4.69) is 22.8 Å². The zero-order valence-electron chi connectivity index (χ0n) is 14.1. The van der Waals surface area contributed by atoms with E-state index in [1.807, 2.05) is 4.90 Å². The SMILES string of the molecule is C=C=NC(=S)NCC1CN(c2ccc(N3CCOCC3)c(F)c2)C(=O)O1. The molecule has 2 aliphatic heterocycles. The van der Waals surface area contributed by atoms with Gasteiger partial charge in [0.15, 0.2) is 0 Å². The first-order valence-corrected chi connectivity index (χ1v) is 8.60. The van der Waals surface area contributed by atoms with Gasteiger partial charge in [0.05, 0.1) is 37.7 Å². The van der Waals surface area contributed by atoms with E-state index >= 15 is 0 Å². The maximum Gasteiger partial charge on any atom is 0.414 e. The number of benzene rings is 1. The number of morpholine rings is 1. The van der Waals surface area contributed by atoms with E-state index in [9.17, 15) is 9.18 Å². The smallest absolute Gasteiger partial charge is 0.414 e.